The van der Waals surface area contributed by atoms with Gasteiger partial charge in [0.05, 0.1) is 12.7 Å². The first-order valence-corrected chi connectivity index (χ1v) is 8.64. The maximum absolute atomic E-state index is 5.51. The number of ether oxygens (including phenoxy) is 2. The zero-order chi connectivity index (χ0) is 14.3. The number of aromatic nitrogens is 2. The molecule has 0 bridgehead atoms. The van der Waals surface area contributed by atoms with Crippen molar-refractivity contribution in [1.82, 2.24) is 10.2 Å². The van der Waals surface area contributed by atoms with E-state index in [9.17, 15) is 0 Å². The van der Waals surface area contributed by atoms with Crippen LogP contribution in [-0.4, -0.2) is 35.5 Å². The Morgan fingerprint density at radius 1 is 1.29 bits per heavy atom. The van der Waals surface area contributed by atoms with E-state index in [0.717, 1.165) is 34.8 Å². The highest BCUT2D eigenvalue weighted by Crippen LogP contribution is 2.27. The van der Waals surface area contributed by atoms with E-state index < -0.39 is 0 Å². The first kappa shape index (κ1) is 14.8. The van der Waals surface area contributed by atoms with E-state index in [1.165, 1.54) is 5.56 Å². The summed E-state index contributed by atoms with van der Waals surface area (Å²) in [6.45, 7) is 1.96. The van der Waals surface area contributed by atoms with Crippen LogP contribution in [0.2, 0.25) is 0 Å². The summed E-state index contributed by atoms with van der Waals surface area (Å²) in [4.78, 5) is 0. The zero-order valence-corrected chi connectivity index (χ0v) is 13.2. The van der Waals surface area contributed by atoms with E-state index >= 15 is 0 Å². The molecule has 7 heteroatoms. The second-order valence-electron chi connectivity index (χ2n) is 4.63. The highest BCUT2D eigenvalue weighted by molar-refractivity contribution is 8.01. The Labute approximate surface area is 132 Å². The van der Waals surface area contributed by atoms with Crippen LogP contribution in [0.15, 0.2) is 34.7 Å². The molecule has 21 heavy (non-hydrogen) atoms. The van der Waals surface area contributed by atoms with Gasteiger partial charge in [-0.3, -0.25) is 0 Å². The standard InChI is InChI=1S/C14H17N3O2S2/c1-2-4-11(5-3-1)8-15-13-16-17-14(21-13)20-9-12-6-7-18-10-19-12/h1-5,12H,6-10H2,(H,15,16)/t12-/m0/s1. The summed E-state index contributed by atoms with van der Waals surface area (Å²) in [5.41, 5.74) is 1.23. The van der Waals surface area contributed by atoms with Crippen LogP contribution in [0.5, 0.6) is 0 Å². The quantitative estimate of drug-likeness (QED) is 0.825. The fourth-order valence-corrected chi connectivity index (χ4v) is 3.75. The van der Waals surface area contributed by atoms with Gasteiger partial charge in [0, 0.05) is 12.3 Å². The van der Waals surface area contributed by atoms with Crippen molar-refractivity contribution in [3.05, 3.63) is 35.9 Å². The molecule has 3 rings (SSSR count). The minimum absolute atomic E-state index is 0.258. The fourth-order valence-electron chi connectivity index (χ4n) is 1.91. The molecule has 1 fully saturated rings. The van der Waals surface area contributed by atoms with Gasteiger partial charge < -0.3 is 14.8 Å². The Morgan fingerprint density at radius 2 is 2.19 bits per heavy atom. The van der Waals surface area contributed by atoms with Gasteiger partial charge in [0.25, 0.3) is 0 Å². The van der Waals surface area contributed by atoms with Crippen molar-refractivity contribution < 1.29 is 9.47 Å². The molecule has 1 aliphatic heterocycles. The molecule has 0 spiro atoms. The van der Waals surface area contributed by atoms with Crippen LogP contribution in [0.25, 0.3) is 0 Å². The summed E-state index contributed by atoms with van der Waals surface area (Å²) in [5.74, 6) is 0.899. The molecule has 0 aliphatic carbocycles. The van der Waals surface area contributed by atoms with E-state index in [0.29, 0.717) is 6.79 Å². The third kappa shape index (κ3) is 4.67. The van der Waals surface area contributed by atoms with E-state index in [-0.39, 0.29) is 6.10 Å². The van der Waals surface area contributed by atoms with Crippen molar-refractivity contribution >= 4 is 28.2 Å². The maximum Gasteiger partial charge on any atom is 0.206 e. The van der Waals surface area contributed by atoms with E-state index in [4.69, 9.17) is 9.47 Å². The van der Waals surface area contributed by atoms with Crippen LogP contribution in [0, 0.1) is 0 Å². The predicted molar refractivity (Wildman–Crippen MR) is 84.7 cm³/mol. The van der Waals surface area contributed by atoms with Crippen LogP contribution >= 0.6 is 23.1 Å². The van der Waals surface area contributed by atoms with E-state index in [2.05, 4.69) is 27.6 Å². The third-order valence-corrected chi connectivity index (χ3v) is 5.20. The molecule has 1 N–H and O–H groups in total. The average Bonchev–Trinajstić information content (AvgIpc) is 3.01. The number of nitrogens with one attached hydrogen (secondary N) is 1. The Hall–Kier alpha value is -1.15. The number of anilines is 1. The summed E-state index contributed by atoms with van der Waals surface area (Å²) >= 11 is 3.28. The van der Waals surface area contributed by atoms with Crippen LogP contribution in [0.4, 0.5) is 5.13 Å². The van der Waals surface area contributed by atoms with Crippen molar-refractivity contribution in [2.45, 2.75) is 23.4 Å². The SMILES string of the molecule is c1ccc(CNc2nnc(SC[C@@H]3CCOCO3)s2)cc1. The third-order valence-electron chi connectivity index (χ3n) is 3.06. The first-order valence-electron chi connectivity index (χ1n) is 6.83. The lowest BCUT2D eigenvalue weighted by atomic mass is 10.2. The van der Waals surface area contributed by atoms with Gasteiger partial charge in [-0.1, -0.05) is 53.4 Å². The van der Waals surface area contributed by atoms with Crippen molar-refractivity contribution in [2.75, 3.05) is 24.5 Å². The minimum atomic E-state index is 0.258. The zero-order valence-electron chi connectivity index (χ0n) is 11.5. The molecular formula is C14H17N3O2S2. The van der Waals surface area contributed by atoms with Crippen LogP contribution < -0.4 is 5.32 Å². The Kier molecular flexibility index (Phi) is 5.45. The molecule has 1 atom stereocenters. The molecular weight excluding hydrogens is 306 g/mol. The summed E-state index contributed by atoms with van der Waals surface area (Å²) in [5, 5.41) is 12.5. The summed E-state index contributed by atoms with van der Waals surface area (Å²) in [6, 6.07) is 10.3. The van der Waals surface area contributed by atoms with Gasteiger partial charge in [-0.05, 0) is 12.0 Å². The first-order chi connectivity index (χ1) is 10.4. The molecule has 2 aromatic rings. The number of hydrogen-bond donors (Lipinski definition) is 1. The van der Waals surface area contributed by atoms with Crippen molar-refractivity contribution in [3.8, 4) is 0 Å². The highest BCUT2D eigenvalue weighted by atomic mass is 32.2. The lowest BCUT2D eigenvalue weighted by Gasteiger charge is -2.21. The summed E-state index contributed by atoms with van der Waals surface area (Å²) in [6.07, 6.45) is 1.21. The van der Waals surface area contributed by atoms with Gasteiger partial charge in [-0.15, -0.1) is 10.2 Å². The number of thioether (sulfide) groups is 1. The van der Waals surface area contributed by atoms with Gasteiger partial charge in [0.2, 0.25) is 5.13 Å². The normalized spacial score (nSPS) is 18.6. The molecule has 2 heterocycles. The minimum Gasteiger partial charge on any atom is -0.356 e. The molecule has 0 radical (unpaired) electrons. The number of benzene rings is 1. The molecule has 1 aliphatic rings. The Morgan fingerprint density at radius 3 is 3.00 bits per heavy atom. The van der Waals surface area contributed by atoms with Crippen LogP contribution in [-0.2, 0) is 16.0 Å². The Bertz CT molecular complexity index is 544. The molecule has 5 nitrogen and oxygen atoms in total. The van der Waals surface area contributed by atoms with Crippen LogP contribution in [0.1, 0.15) is 12.0 Å². The largest absolute Gasteiger partial charge is 0.356 e. The van der Waals surface area contributed by atoms with Crippen molar-refractivity contribution in [3.63, 3.8) is 0 Å². The summed E-state index contributed by atoms with van der Waals surface area (Å²) < 4.78 is 11.6. The van der Waals surface area contributed by atoms with Crippen LogP contribution in [0.3, 0.4) is 0 Å². The Balaban J connectivity index is 1.45. The molecule has 0 unspecified atom stereocenters. The van der Waals surface area contributed by atoms with Gasteiger partial charge >= 0.3 is 0 Å². The molecule has 0 amide bonds. The second-order valence-corrected chi connectivity index (χ2v) is 6.87. The smallest absolute Gasteiger partial charge is 0.206 e. The number of nitrogens with zero attached hydrogens (tertiary/aromatic N) is 2. The van der Waals surface area contributed by atoms with Gasteiger partial charge in [-0.2, -0.15) is 0 Å². The van der Waals surface area contributed by atoms with E-state index in [1.54, 1.807) is 23.1 Å². The summed E-state index contributed by atoms with van der Waals surface area (Å²) in [7, 11) is 0. The average molecular weight is 323 g/mol. The second kappa shape index (κ2) is 7.74. The van der Waals surface area contributed by atoms with Crippen molar-refractivity contribution in [1.29, 1.82) is 0 Å². The lowest BCUT2D eigenvalue weighted by Crippen LogP contribution is -2.25. The molecule has 1 aromatic carbocycles. The number of rotatable bonds is 6. The lowest BCUT2D eigenvalue weighted by molar-refractivity contribution is -0.130. The molecule has 0 saturated carbocycles. The molecule has 1 saturated heterocycles. The molecule has 1 aromatic heterocycles. The van der Waals surface area contributed by atoms with Gasteiger partial charge in [-0.25, -0.2) is 0 Å². The predicted octanol–water partition coefficient (Wildman–Crippen LogP) is 3.01. The van der Waals surface area contributed by atoms with Gasteiger partial charge in [0.15, 0.2) is 4.34 Å². The highest BCUT2D eigenvalue weighted by Gasteiger charge is 2.15. The van der Waals surface area contributed by atoms with Gasteiger partial charge in [0.1, 0.15) is 6.79 Å². The maximum atomic E-state index is 5.51. The molecule has 112 valence electrons. The monoisotopic (exact) mass is 323 g/mol. The van der Waals surface area contributed by atoms with E-state index in [1.807, 2.05) is 18.2 Å². The van der Waals surface area contributed by atoms with Crippen molar-refractivity contribution in [2.24, 2.45) is 0 Å². The topological polar surface area (TPSA) is 56.3 Å². The number of hydrogen-bond acceptors (Lipinski definition) is 7. The fraction of sp³-hybridized carbons (Fsp3) is 0.429.